The van der Waals surface area contributed by atoms with Crippen molar-refractivity contribution in [2.45, 2.75) is 46.2 Å². The van der Waals surface area contributed by atoms with E-state index in [0.29, 0.717) is 30.0 Å². The first-order valence-corrected chi connectivity index (χ1v) is 8.49. The number of fused-ring (bicyclic) bond motifs is 1. The summed E-state index contributed by atoms with van der Waals surface area (Å²) < 4.78 is 1.72. The van der Waals surface area contributed by atoms with E-state index >= 15 is 0 Å². The molecule has 0 aliphatic carbocycles. The van der Waals surface area contributed by atoms with Crippen LogP contribution < -0.4 is 5.32 Å². The van der Waals surface area contributed by atoms with Gasteiger partial charge in [-0.15, -0.1) is 0 Å². The molecule has 0 unspecified atom stereocenters. The summed E-state index contributed by atoms with van der Waals surface area (Å²) in [5.74, 6) is -0.222. The smallest absolute Gasteiger partial charge is 0.273 e. The van der Waals surface area contributed by atoms with Crippen molar-refractivity contribution in [3.63, 3.8) is 0 Å². The Morgan fingerprint density at radius 3 is 2.68 bits per heavy atom. The lowest BCUT2D eigenvalue weighted by Crippen LogP contribution is -2.18. The molecular formula is C19H24N4O2. The lowest BCUT2D eigenvalue weighted by Gasteiger charge is -2.13. The summed E-state index contributed by atoms with van der Waals surface area (Å²) in [4.78, 5) is 26.6. The van der Waals surface area contributed by atoms with Gasteiger partial charge in [-0.1, -0.05) is 26.8 Å². The van der Waals surface area contributed by atoms with E-state index in [4.69, 9.17) is 0 Å². The summed E-state index contributed by atoms with van der Waals surface area (Å²) in [7, 11) is 1.76. The van der Waals surface area contributed by atoms with E-state index in [1.165, 1.54) is 0 Å². The third-order valence-electron chi connectivity index (χ3n) is 4.48. The number of hydrogen-bond donors (Lipinski definition) is 1. The predicted octanol–water partition coefficient (Wildman–Crippen LogP) is 3.04. The first-order chi connectivity index (χ1) is 11.7. The molecule has 132 valence electrons. The normalized spacial score (nSPS) is 14.0. The van der Waals surface area contributed by atoms with Gasteiger partial charge in [0.1, 0.15) is 5.69 Å². The average Bonchev–Trinajstić information content (AvgIpc) is 3.11. The fraction of sp³-hybridized carbons (Fsp3) is 0.421. The molecule has 2 heterocycles. The van der Waals surface area contributed by atoms with Gasteiger partial charge in [-0.3, -0.25) is 14.3 Å². The molecule has 25 heavy (non-hydrogen) atoms. The zero-order valence-electron chi connectivity index (χ0n) is 15.4. The molecule has 1 aliphatic rings. The maximum Gasteiger partial charge on any atom is 0.273 e. The third kappa shape index (κ3) is 3.04. The van der Waals surface area contributed by atoms with Crippen molar-refractivity contribution in [3.8, 4) is 0 Å². The highest BCUT2D eigenvalue weighted by Gasteiger charge is 2.28. The van der Waals surface area contributed by atoms with Gasteiger partial charge in [0.2, 0.25) is 0 Å². The minimum Gasteiger partial charge on any atom is -0.337 e. The number of nitrogens with one attached hydrogen (secondary N) is 1. The maximum atomic E-state index is 12.8. The number of carbonyl (C=O) groups excluding carboxylic acids is 2. The molecule has 1 N–H and O–H groups in total. The fourth-order valence-corrected chi connectivity index (χ4v) is 2.98. The molecule has 0 saturated heterocycles. The molecule has 0 bridgehead atoms. The molecule has 0 saturated carbocycles. The van der Waals surface area contributed by atoms with Crippen LogP contribution in [-0.4, -0.2) is 33.5 Å². The fourth-order valence-electron chi connectivity index (χ4n) is 2.98. The van der Waals surface area contributed by atoms with Gasteiger partial charge in [-0.05, 0) is 25.1 Å². The van der Waals surface area contributed by atoms with Gasteiger partial charge >= 0.3 is 0 Å². The number of aromatic nitrogens is 2. The molecular weight excluding hydrogens is 316 g/mol. The maximum absolute atomic E-state index is 12.8. The molecule has 2 amide bonds. The summed E-state index contributed by atoms with van der Waals surface area (Å²) in [6, 6.07) is 7.27. The first kappa shape index (κ1) is 17.2. The van der Waals surface area contributed by atoms with E-state index < -0.39 is 0 Å². The van der Waals surface area contributed by atoms with Crippen molar-refractivity contribution >= 4 is 17.5 Å². The van der Waals surface area contributed by atoms with E-state index in [0.717, 1.165) is 11.3 Å². The third-order valence-corrected chi connectivity index (χ3v) is 4.48. The van der Waals surface area contributed by atoms with Crippen LogP contribution in [0.2, 0.25) is 0 Å². The Balaban J connectivity index is 1.92. The van der Waals surface area contributed by atoms with Gasteiger partial charge in [-0.2, -0.15) is 5.10 Å². The van der Waals surface area contributed by atoms with Gasteiger partial charge in [0.05, 0.1) is 5.69 Å². The molecule has 0 spiro atoms. The summed E-state index contributed by atoms with van der Waals surface area (Å²) in [5.41, 5.74) is 3.48. The molecule has 1 aromatic carbocycles. The number of anilines is 1. The molecule has 0 atom stereocenters. The van der Waals surface area contributed by atoms with Crippen molar-refractivity contribution in [1.29, 1.82) is 0 Å². The molecule has 3 rings (SSSR count). The SMILES string of the molecule is CCn1nc(C(C)(C)C)cc1C(=O)Nc1cccc2c1CN(C)C2=O. The Hall–Kier alpha value is -2.63. The molecule has 2 aromatic rings. The zero-order valence-corrected chi connectivity index (χ0v) is 15.4. The topological polar surface area (TPSA) is 67.2 Å². The second-order valence-corrected chi connectivity index (χ2v) is 7.43. The van der Waals surface area contributed by atoms with Crippen LogP contribution in [0.15, 0.2) is 24.3 Å². The summed E-state index contributed by atoms with van der Waals surface area (Å²) in [5, 5.41) is 7.51. The second kappa shape index (κ2) is 6.02. The second-order valence-electron chi connectivity index (χ2n) is 7.43. The van der Waals surface area contributed by atoms with Crippen LogP contribution in [0.25, 0.3) is 0 Å². The number of aryl methyl sites for hydroxylation is 1. The lowest BCUT2D eigenvalue weighted by molar-refractivity contribution is 0.0816. The minimum atomic E-state index is -0.208. The van der Waals surface area contributed by atoms with Crippen LogP contribution in [0.3, 0.4) is 0 Å². The highest BCUT2D eigenvalue weighted by molar-refractivity contribution is 6.06. The molecule has 1 aromatic heterocycles. The van der Waals surface area contributed by atoms with Crippen LogP contribution in [0.1, 0.15) is 59.8 Å². The molecule has 6 heteroatoms. The van der Waals surface area contributed by atoms with E-state index in [1.54, 1.807) is 28.8 Å². The first-order valence-electron chi connectivity index (χ1n) is 8.49. The Bertz CT molecular complexity index is 846. The van der Waals surface area contributed by atoms with Crippen molar-refractivity contribution < 1.29 is 9.59 Å². The number of rotatable bonds is 3. The highest BCUT2D eigenvalue weighted by atomic mass is 16.2. The molecule has 6 nitrogen and oxygen atoms in total. The Morgan fingerprint density at radius 1 is 1.32 bits per heavy atom. The number of carbonyl (C=O) groups is 2. The molecule has 0 radical (unpaired) electrons. The average molecular weight is 340 g/mol. The van der Waals surface area contributed by atoms with Crippen LogP contribution in [-0.2, 0) is 18.5 Å². The van der Waals surface area contributed by atoms with Gasteiger partial charge in [-0.25, -0.2) is 0 Å². The molecule has 0 fully saturated rings. The Labute approximate surface area is 147 Å². The van der Waals surface area contributed by atoms with Crippen molar-refractivity contribution in [2.75, 3.05) is 12.4 Å². The van der Waals surface area contributed by atoms with Crippen LogP contribution in [0.5, 0.6) is 0 Å². The molecule has 1 aliphatic heterocycles. The van der Waals surface area contributed by atoms with Gasteiger partial charge < -0.3 is 10.2 Å². The van der Waals surface area contributed by atoms with Crippen LogP contribution in [0.4, 0.5) is 5.69 Å². The summed E-state index contributed by atoms with van der Waals surface area (Å²) in [6.07, 6.45) is 0. The standard InChI is InChI=1S/C19H24N4O2/c1-6-23-15(10-16(21-23)19(2,3)4)17(24)20-14-9-7-8-12-13(14)11-22(5)18(12)25/h7-10H,6,11H2,1-5H3,(H,20,24). The number of amides is 2. The minimum absolute atomic E-state index is 0.0142. The van der Waals surface area contributed by atoms with E-state index in [2.05, 4.69) is 31.2 Å². The summed E-state index contributed by atoms with van der Waals surface area (Å²) >= 11 is 0. The highest BCUT2D eigenvalue weighted by Crippen LogP contribution is 2.29. The zero-order chi connectivity index (χ0) is 18.4. The van der Waals surface area contributed by atoms with Crippen molar-refractivity contribution in [3.05, 3.63) is 46.8 Å². The predicted molar refractivity (Wildman–Crippen MR) is 96.8 cm³/mol. The van der Waals surface area contributed by atoms with Crippen LogP contribution >= 0.6 is 0 Å². The largest absolute Gasteiger partial charge is 0.337 e. The van der Waals surface area contributed by atoms with Gasteiger partial charge in [0.25, 0.3) is 11.8 Å². The quantitative estimate of drug-likeness (QED) is 0.934. The van der Waals surface area contributed by atoms with Gasteiger partial charge in [0.15, 0.2) is 0 Å². The van der Waals surface area contributed by atoms with Crippen molar-refractivity contribution in [2.24, 2.45) is 0 Å². The summed E-state index contributed by atoms with van der Waals surface area (Å²) in [6.45, 7) is 9.30. The van der Waals surface area contributed by atoms with E-state index in [-0.39, 0.29) is 17.2 Å². The van der Waals surface area contributed by atoms with Gasteiger partial charge in [0, 0.05) is 42.4 Å². The Morgan fingerprint density at radius 2 is 2.04 bits per heavy atom. The number of hydrogen-bond acceptors (Lipinski definition) is 3. The van der Waals surface area contributed by atoms with Crippen molar-refractivity contribution in [1.82, 2.24) is 14.7 Å². The number of benzene rings is 1. The monoisotopic (exact) mass is 340 g/mol. The van der Waals surface area contributed by atoms with E-state index in [1.807, 2.05) is 19.1 Å². The van der Waals surface area contributed by atoms with Crippen LogP contribution in [0, 0.1) is 0 Å². The number of nitrogens with zero attached hydrogens (tertiary/aromatic N) is 3. The van der Waals surface area contributed by atoms with E-state index in [9.17, 15) is 9.59 Å². The lowest BCUT2D eigenvalue weighted by atomic mass is 9.92. The Kier molecular flexibility index (Phi) is 4.14.